The first-order chi connectivity index (χ1) is 24.5. The molecule has 4 amide bonds. The van der Waals surface area contributed by atoms with E-state index in [4.69, 9.17) is 4.74 Å². The highest BCUT2D eigenvalue weighted by Gasteiger charge is 2.42. The Morgan fingerprint density at radius 3 is 1.94 bits per heavy atom. The molecule has 286 valence electrons. The number of nitrogens with one attached hydrogen (secondary N) is 2. The fourth-order valence-corrected chi connectivity index (χ4v) is 6.66. The van der Waals surface area contributed by atoms with Gasteiger partial charge in [-0.25, -0.2) is 5.48 Å². The third kappa shape index (κ3) is 11.1. The average Bonchev–Trinajstić information content (AvgIpc) is 3.38. The number of hydroxylamine groups is 1. The zero-order chi connectivity index (χ0) is 36.5. The molecule has 2 aliphatic heterocycles. The third-order valence-corrected chi connectivity index (χ3v) is 9.58. The van der Waals surface area contributed by atoms with Crippen LogP contribution in [0.2, 0.25) is 0 Å². The Morgan fingerprint density at radius 2 is 1.38 bits per heavy atom. The van der Waals surface area contributed by atoms with Crippen LogP contribution in [0.15, 0.2) is 78.9 Å². The van der Waals surface area contributed by atoms with Gasteiger partial charge in [0.2, 0.25) is 11.8 Å². The van der Waals surface area contributed by atoms with Crippen molar-refractivity contribution in [1.82, 2.24) is 25.5 Å². The van der Waals surface area contributed by atoms with E-state index in [1.165, 1.54) is 12.1 Å². The first-order valence-corrected chi connectivity index (χ1v) is 17.5. The highest BCUT2D eigenvalue weighted by atomic mass is 35.5. The van der Waals surface area contributed by atoms with Gasteiger partial charge in [0.15, 0.2) is 5.78 Å². The largest absolute Gasteiger partial charge is 0.492 e. The molecule has 0 aliphatic carbocycles. The second-order valence-corrected chi connectivity index (χ2v) is 13.7. The van der Waals surface area contributed by atoms with Crippen molar-refractivity contribution in [2.75, 3.05) is 52.9 Å². The molecule has 14 heteroatoms. The Balaban J connectivity index is 0.00000378. The first-order valence-electron chi connectivity index (χ1n) is 17.5. The van der Waals surface area contributed by atoms with Gasteiger partial charge < -0.3 is 15.0 Å². The van der Waals surface area contributed by atoms with Crippen molar-refractivity contribution in [1.29, 1.82) is 0 Å². The summed E-state index contributed by atoms with van der Waals surface area (Å²) >= 11 is 0. The molecular formula is C39H49Cl2N5O7. The number of nitrogens with zero attached hydrogens (tertiary/aromatic N) is 3. The molecule has 0 spiro atoms. The number of fused-ring (bicyclic) bond motifs is 1. The van der Waals surface area contributed by atoms with E-state index in [2.05, 4.69) is 22.2 Å². The summed E-state index contributed by atoms with van der Waals surface area (Å²) in [6, 6.07) is 21.4. The van der Waals surface area contributed by atoms with Gasteiger partial charge in [0, 0.05) is 51.3 Å². The van der Waals surface area contributed by atoms with Crippen LogP contribution in [0.5, 0.6) is 5.75 Å². The molecule has 3 aromatic carbocycles. The van der Waals surface area contributed by atoms with E-state index in [-0.39, 0.29) is 60.5 Å². The van der Waals surface area contributed by atoms with E-state index in [1.807, 2.05) is 44.2 Å². The third-order valence-electron chi connectivity index (χ3n) is 9.58. The van der Waals surface area contributed by atoms with E-state index >= 15 is 0 Å². The summed E-state index contributed by atoms with van der Waals surface area (Å²) < 4.78 is 5.96. The number of benzene rings is 3. The molecule has 2 aliphatic rings. The summed E-state index contributed by atoms with van der Waals surface area (Å²) in [7, 11) is 2.12. The van der Waals surface area contributed by atoms with Gasteiger partial charge in [0.25, 0.3) is 11.8 Å². The second kappa shape index (κ2) is 20.2. The molecule has 0 aromatic heterocycles. The number of halogens is 2. The molecule has 12 nitrogen and oxygen atoms in total. The number of rotatable bonds is 16. The summed E-state index contributed by atoms with van der Waals surface area (Å²) in [5.41, 5.74) is 3.23. The van der Waals surface area contributed by atoms with Crippen LogP contribution in [0.4, 0.5) is 0 Å². The molecule has 3 aromatic rings. The number of piperazine rings is 1. The quantitative estimate of drug-likeness (QED) is 0.0846. The van der Waals surface area contributed by atoms with Crippen LogP contribution in [-0.2, 0) is 16.0 Å². The molecule has 2 heterocycles. The fourth-order valence-electron chi connectivity index (χ4n) is 6.66. The van der Waals surface area contributed by atoms with Gasteiger partial charge in [-0.05, 0) is 61.3 Å². The Hall–Kier alpha value is -4.33. The minimum atomic E-state index is -1.30. The van der Waals surface area contributed by atoms with Gasteiger partial charge in [-0.15, -0.1) is 24.8 Å². The van der Waals surface area contributed by atoms with Gasteiger partial charge in [-0.2, -0.15) is 0 Å². The summed E-state index contributed by atoms with van der Waals surface area (Å²) in [6.07, 6.45) is 0.359. The number of hydrogen-bond donors (Lipinski definition) is 3. The van der Waals surface area contributed by atoms with Gasteiger partial charge in [-0.3, -0.25) is 39.0 Å². The topological polar surface area (TPSA) is 149 Å². The van der Waals surface area contributed by atoms with E-state index in [1.54, 1.807) is 41.9 Å². The zero-order valence-electron chi connectivity index (χ0n) is 30.2. The zero-order valence-corrected chi connectivity index (χ0v) is 31.9. The van der Waals surface area contributed by atoms with E-state index in [9.17, 15) is 29.2 Å². The monoisotopic (exact) mass is 769 g/mol. The lowest BCUT2D eigenvalue weighted by atomic mass is 9.83. The number of imide groups is 1. The maximum atomic E-state index is 14.2. The highest BCUT2D eigenvalue weighted by molar-refractivity contribution is 6.21. The number of ether oxygens (including phenoxy) is 1. The summed E-state index contributed by atoms with van der Waals surface area (Å²) in [5.74, 6) is -4.87. The molecule has 1 unspecified atom stereocenters. The van der Waals surface area contributed by atoms with E-state index in [0.717, 1.165) is 43.2 Å². The summed E-state index contributed by atoms with van der Waals surface area (Å²) in [6.45, 7) is 8.67. The smallest absolute Gasteiger partial charge is 0.261 e. The predicted octanol–water partition coefficient (Wildman–Crippen LogP) is 4.15. The van der Waals surface area contributed by atoms with Crippen molar-refractivity contribution >= 4 is 54.2 Å². The lowest BCUT2D eigenvalue weighted by Crippen LogP contribution is -2.51. The van der Waals surface area contributed by atoms with Crippen molar-refractivity contribution < 1.29 is 33.9 Å². The van der Waals surface area contributed by atoms with E-state index < -0.39 is 48.1 Å². The number of ketones is 1. The Kier molecular flexibility index (Phi) is 16.4. The summed E-state index contributed by atoms with van der Waals surface area (Å²) in [4.78, 5) is 73.5. The Morgan fingerprint density at radius 1 is 0.792 bits per heavy atom. The van der Waals surface area contributed by atoms with Crippen LogP contribution >= 0.6 is 24.8 Å². The van der Waals surface area contributed by atoms with Gasteiger partial charge in [0.05, 0.1) is 29.0 Å². The van der Waals surface area contributed by atoms with Crippen molar-refractivity contribution in [2.24, 2.45) is 17.8 Å². The van der Waals surface area contributed by atoms with Gasteiger partial charge >= 0.3 is 0 Å². The molecule has 3 atom stereocenters. The highest BCUT2D eigenvalue weighted by Crippen LogP contribution is 2.29. The molecule has 53 heavy (non-hydrogen) atoms. The number of carbonyl (C=O) groups excluding carboxylic acids is 5. The SMILES string of the molecule is CC(C)C[C@@H](C(=O)N[C@@H](Cc1ccccc1)C(=O)c1ccc(OCCN2CCN(C)CC2)cc1)C(CN1C(=O)c2ccccc2C1=O)C(=O)NO.Cl.Cl. The number of amides is 4. The lowest BCUT2D eigenvalue weighted by molar-refractivity contribution is -0.141. The molecule has 1 saturated heterocycles. The molecule has 5 rings (SSSR count). The normalized spacial score (nSPS) is 16.1. The minimum absolute atomic E-state index is 0. The fraction of sp³-hybridized carbons (Fsp3) is 0.410. The minimum Gasteiger partial charge on any atom is -0.492 e. The van der Waals surface area contributed by atoms with E-state index in [0.29, 0.717) is 17.9 Å². The number of hydrogen-bond acceptors (Lipinski definition) is 9. The van der Waals surface area contributed by atoms with Crippen molar-refractivity contribution in [3.63, 3.8) is 0 Å². The van der Waals surface area contributed by atoms with Crippen molar-refractivity contribution in [3.05, 3.63) is 101 Å². The van der Waals surface area contributed by atoms with Gasteiger partial charge in [0.1, 0.15) is 12.4 Å². The number of carbonyl (C=O) groups is 5. The molecule has 1 fully saturated rings. The number of Topliss-reactive ketones (excluding diaryl/α,β-unsaturated/α-hetero) is 1. The van der Waals surface area contributed by atoms with Crippen molar-refractivity contribution in [2.45, 2.75) is 32.7 Å². The summed E-state index contributed by atoms with van der Waals surface area (Å²) in [5, 5.41) is 12.6. The van der Waals surface area contributed by atoms with Crippen LogP contribution in [0.1, 0.15) is 56.9 Å². The maximum absolute atomic E-state index is 14.2. The van der Waals surface area contributed by atoms with Crippen LogP contribution in [0.3, 0.4) is 0 Å². The standard InChI is InChI=1S/C39H47N5O7.2ClH/c1-26(2)23-32(33(37(47)41-50)25-44-38(48)30-11-7-8-12-31(30)39(44)49)36(46)40-34(24-27-9-5-4-6-10-27)35(45)28-13-15-29(16-14-28)51-22-21-43-19-17-42(3)18-20-43;;/h4-16,26,32-34,50H,17-25H2,1-3H3,(H,40,46)(H,41,47);2*1H/t32-,33?,34+;;/m1../s1. The Bertz CT molecular complexity index is 1670. The average molecular weight is 771 g/mol. The van der Waals surface area contributed by atoms with Gasteiger partial charge in [-0.1, -0.05) is 56.3 Å². The molecular weight excluding hydrogens is 721 g/mol. The lowest BCUT2D eigenvalue weighted by Gasteiger charge is -2.32. The number of likely N-dealkylation sites (N-methyl/N-ethyl adjacent to an activating group) is 1. The molecule has 3 N–H and O–H groups in total. The molecule has 0 saturated carbocycles. The maximum Gasteiger partial charge on any atom is 0.261 e. The van der Waals surface area contributed by atoms with Crippen LogP contribution in [0.25, 0.3) is 0 Å². The van der Waals surface area contributed by atoms with Crippen LogP contribution < -0.4 is 15.5 Å². The second-order valence-electron chi connectivity index (χ2n) is 13.7. The first kappa shape index (κ1) is 43.1. The molecule has 0 radical (unpaired) electrons. The van der Waals surface area contributed by atoms with Crippen molar-refractivity contribution in [3.8, 4) is 5.75 Å². The molecule has 0 bridgehead atoms. The Labute approximate surface area is 323 Å². The predicted molar refractivity (Wildman–Crippen MR) is 205 cm³/mol. The van der Waals surface area contributed by atoms with Crippen LogP contribution in [0, 0.1) is 17.8 Å². The van der Waals surface area contributed by atoms with Crippen LogP contribution in [-0.4, -0.2) is 108 Å².